The number of hydrogen-bond acceptors (Lipinski definition) is 8. The summed E-state index contributed by atoms with van der Waals surface area (Å²) in [5.41, 5.74) is 1.66. The van der Waals surface area contributed by atoms with Gasteiger partial charge in [0.2, 0.25) is 10.0 Å². The zero-order chi connectivity index (χ0) is 35.6. The Bertz CT molecular complexity index is 1890. The van der Waals surface area contributed by atoms with Gasteiger partial charge in [0.05, 0.1) is 4.47 Å². The zero-order valence-electron chi connectivity index (χ0n) is 27.5. The van der Waals surface area contributed by atoms with Gasteiger partial charge in [-0.2, -0.15) is 8.61 Å². The first-order valence-corrected chi connectivity index (χ1v) is 22.7. The normalized spacial score (nSPS) is 20.2. The van der Waals surface area contributed by atoms with Crippen molar-refractivity contribution in [3.05, 3.63) is 67.0 Å². The van der Waals surface area contributed by atoms with Crippen molar-refractivity contribution in [2.45, 2.75) is 85.9 Å². The van der Waals surface area contributed by atoms with Gasteiger partial charge in [0, 0.05) is 49.8 Å². The molecule has 272 valence electrons. The molecule has 5 heterocycles. The Hall–Kier alpha value is -1.59. The van der Waals surface area contributed by atoms with E-state index in [2.05, 4.69) is 41.7 Å². The van der Waals surface area contributed by atoms with Crippen LogP contribution in [0.2, 0.25) is 4.34 Å². The molecular formula is C34H41Br2ClN4O6S3. The summed E-state index contributed by atoms with van der Waals surface area (Å²) in [6, 6.07) is 9.31. The minimum absolute atomic E-state index is 0.000638. The minimum atomic E-state index is -4.11. The average Bonchev–Trinajstić information content (AvgIpc) is 3.46. The maximum absolute atomic E-state index is 13.7. The molecule has 0 spiro atoms. The highest BCUT2D eigenvalue weighted by Crippen LogP contribution is 2.38. The van der Waals surface area contributed by atoms with Gasteiger partial charge in [0.1, 0.15) is 25.3 Å². The molecule has 1 atom stereocenters. The SMILES string of the molecule is O=C(O)C1Cc2ccccc2CN1S(=O)(=O)c1cnc(N2CCC(CCCCCC3CCN(S(=O)(=O)c4cc(Br)c(Cl)s4)CC3)CC2)c(Br)c1. The topological polar surface area (TPSA) is 128 Å². The second-order valence-corrected chi connectivity index (χ2v) is 20.9. The van der Waals surface area contributed by atoms with Crippen LogP contribution in [0.25, 0.3) is 0 Å². The van der Waals surface area contributed by atoms with Gasteiger partial charge in [-0.25, -0.2) is 21.8 Å². The highest BCUT2D eigenvalue weighted by atomic mass is 79.9. The molecule has 1 N–H and O–H groups in total. The van der Waals surface area contributed by atoms with Crippen molar-refractivity contribution >= 4 is 86.6 Å². The van der Waals surface area contributed by atoms with E-state index >= 15 is 0 Å². The molecule has 2 saturated heterocycles. The second kappa shape index (κ2) is 16.2. The number of piperidine rings is 2. The number of halogens is 3. The van der Waals surface area contributed by atoms with E-state index < -0.39 is 32.1 Å². The molecule has 0 saturated carbocycles. The van der Waals surface area contributed by atoms with Gasteiger partial charge >= 0.3 is 5.97 Å². The molecule has 1 unspecified atom stereocenters. The van der Waals surface area contributed by atoms with Crippen LogP contribution >= 0.6 is 54.8 Å². The van der Waals surface area contributed by atoms with Crippen LogP contribution in [0.1, 0.15) is 68.9 Å². The molecule has 10 nitrogen and oxygen atoms in total. The van der Waals surface area contributed by atoms with Crippen LogP contribution in [0.5, 0.6) is 0 Å². The van der Waals surface area contributed by atoms with Crippen molar-refractivity contribution in [2.24, 2.45) is 11.8 Å². The van der Waals surface area contributed by atoms with Crippen LogP contribution in [0.3, 0.4) is 0 Å². The molecule has 0 bridgehead atoms. The number of pyridine rings is 1. The summed E-state index contributed by atoms with van der Waals surface area (Å²) in [6.07, 6.45) is 11.2. The molecule has 2 fully saturated rings. The zero-order valence-corrected chi connectivity index (χ0v) is 33.9. The number of carboxylic acid groups (broad SMARTS) is 1. The quantitative estimate of drug-likeness (QED) is 0.183. The Balaban J connectivity index is 0.929. The number of thiophene rings is 1. The summed E-state index contributed by atoms with van der Waals surface area (Å²) >= 11 is 14.0. The summed E-state index contributed by atoms with van der Waals surface area (Å²) in [6.45, 7) is 2.78. The number of carbonyl (C=O) groups is 1. The summed E-state index contributed by atoms with van der Waals surface area (Å²) in [7, 11) is -7.60. The van der Waals surface area contributed by atoms with Crippen molar-refractivity contribution in [1.29, 1.82) is 0 Å². The van der Waals surface area contributed by atoms with Crippen LogP contribution in [-0.4, -0.2) is 73.7 Å². The summed E-state index contributed by atoms with van der Waals surface area (Å²) < 4.78 is 58.0. The van der Waals surface area contributed by atoms with Gasteiger partial charge in [-0.1, -0.05) is 68.0 Å². The summed E-state index contributed by atoms with van der Waals surface area (Å²) in [5, 5.41) is 9.88. The molecule has 0 amide bonds. The fourth-order valence-corrected chi connectivity index (χ4v) is 13.6. The first kappa shape index (κ1) is 38.1. The number of carboxylic acids is 1. The van der Waals surface area contributed by atoms with Gasteiger partial charge in [0.25, 0.3) is 10.0 Å². The molecule has 3 aromatic rings. The van der Waals surface area contributed by atoms with E-state index in [1.54, 1.807) is 16.4 Å². The average molecular weight is 893 g/mol. The van der Waals surface area contributed by atoms with Gasteiger partial charge in [0.15, 0.2) is 0 Å². The number of sulfonamides is 2. The number of rotatable bonds is 12. The predicted molar refractivity (Wildman–Crippen MR) is 203 cm³/mol. The molecule has 3 aliphatic rings. The molecular weight excluding hydrogens is 852 g/mol. The lowest BCUT2D eigenvalue weighted by Gasteiger charge is -2.34. The Morgan fingerprint density at radius 1 is 0.880 bits per heavy atom. The van der Waals surface area contributed by atoms with Crippen LogP contribution in [0.4, 0.5) is 5.82 Å². The summed E-state index contributed by atoms with van der Waals surface area (Å²) in [5.74, 6) is 0.729. The standard InChI is InChI=1S/C34H41Br2ClN4O6S3/c35-28-20-31(48-32(28)37)50(46,47)40-16-12-24(13-17-40)7-3-1-2-6-23-10-14-39(15-11-23)33-29(36)19-27(21-38-33)49(44,45)41-22-26-9-5-4-8-25(26)18-30(41)34(42)43/h4-5,8-9,19-21,23-24,30H,1-3,6-7,10-18,22H2,(H,42,43). The highest BCUT2D eigenvalue weighted by molar-refractivity contribution is 9.11. The number of aromatic nitrogens is 1. The van der Waals surface area contributed by atoms with Gasteiger partial charge in [-0.15, -0.1) is 11.3 Å². The van der Waals surface area contributed by atoms with Gasteiger partial charge < -0.3 is 10.0 Å². The molecule has 50 heavy (non-hydrogen) atoms. The second-order valence-electron chi connectivity index (χ2n) is 13.5. The van der Waals surface area contributed by atoms with Crippen LogP contribution < -0.4 is 4.90 Å². The molecule has 0 radical (unpaired) electrons. The largest absolute Gasteiger partial charge is 0.480 e. The monoisotopic (exact) mass is 890 g/mol. The third-order valence-corrected chi connectivity index (χ3v) is 17.5. The number of nitrogens with zero attached hydrogens (tertiary/aromatic N) is 4. The van der Waals surface area contributed by atoms with E-state index in [1.165, 1.54) is 25.5 Å². The van der Waals surface area contributed by atoms with Gasteiger partial charge in [-0.3, -0.25) is 4.79 Å². The third-order valence-electron chi connectivity index (χ3n) is 10.3. The molecule has 6 rings (SSSR count). The predicted octanol–water partition coefficient (Wildman–Crippen LogP) is 7.79. The number of hydrogen-bond donors (Lipinski definition) is 1. The van der Waals surface area contributed by atoms with Gasteiger partial charge in [-0.05, 0) is 92.6 Å². The van der Waals surface area contributed by atoms with E-state index in [9.17, 15) is 26.7 Å². The Kier molecular flexibility index (Phi) is 12.4. The lowest BCUT2D eigenvalue weighted by atomic mass is 9.89. The maximum atomic E-state index is 13.7. The Morgan fingerprint density at radius 3 is 2.08 bits per heavy atom. The highest BCUT2D eigenvalue weighted by Gasteiger charge is 2.40. The molecule has 0 aliphatic carbocycles. The Labute approximate surface area is 320 Å². The third kappa shape index (κ3) is 8.45. The van der Waals surface area contributed by atoms with Crippen LogP contribution in [0, 0.1) is 11.8 Å². The number of benzene rings is 1. The number of unbranched alkanes of at least 4 members (excludes halogenated alkanes) is 2. The van der Waals surface area contributed by atoms with Crippen molar-refractivity contribution in [1.82, 2.24) is 13.6 Å². The molecule has 16 heteroatoms. The first-order chi connectivity index (χ1) is 23.8. The van der Waals surface area contributed by atoms with Crippen molar-refractivity contribution in [3.63, 3.8) is 0 Å². The minimum Gasteiger partial charge on any atom is -0.480 e. The van der Waals surface area contributed by atoms with E-state index in [1.807, 2.05) is 24.3 Å². The van der Waals surface area contributed by atoms with E-state index in [0.717, 1.165) is 78.4 Å². The molecule has 2 aromatic heterocycles. The van der Waals surface area contributed by atoms with E-state index in [4.69, 9.17) is 11.6 Å². The van der Waals surface area contributed by atoms with E-state index in [-0.39, 0.29) is 17.9 Å². The lowest BCUT2D eigenvalue weighted by molar-refractivity contribution is -0.141. The molecule has 1 aromatic carbocycles. The maximum Gasteiger partial charge on any atom is 0.322 e. The van der Waals surface area contributed by atoms with E-state index in [0.29, 0.717) is 48.2 Å². The first-order valence-electron chi connectivity index (χ1n) is 17.0. The fourth-order valence-electron chi connectivity index (χ4n) is 7.38. The number of anilines is 1. The van der Waals surface area contributed by atoms with Crippen LogP contribution in [-0.2, 0) is 37.8 Å². The smallest absolute Gasteiger partial charge is 0.322 e. The van der Waals surface area contributed by atoms with Crippen molar-refractivity contribution in [2.75, 3.05) is 31.1 Å². The number of aliphatic carboxylic acids is 1. The Morgan fingerprint density at radius 2 is 1.50 bits per heavy atom. The molecule has 3 aliphatic heterocycles. The van der Waals surface area contributed by atoms with Crippen molar-refractivity contribution < 1.29 is 26.7 Å². The van der Waals surface area contributed by atoms with Crippen molar-refractivity contribution in [3.8, 4) is 0 Å². The van der Waals surface area contributed by atoms with Crippen LogP contribution in [0.15, 0.2) is 60.6 Å². The fraction of sp³-hybridized carbons (Fsp3) is 0.529. The lowest BCUT2D eigenvalue weighted by Crippen LogP contribution is -2.48. The summed E-state index contributed by atoms with van der Waals surface area (Å²) in [4.78, 5) is 18.8. The number of fused-ring (bicyclic) bond motifs is 1.